The summed E-state index contributed by atoms with van der Waals surface area (Å²) < 4.78 is 16.7. The molecule has 6 heteroatoms. The van der Waals surface area contributed by atoms with Gasteiger partial charge >= 0.3 is 5.97 Å². The number of benzene rings is 4. The average molecular weight is 529 g/mol. The Labute approximate surface area is 228 Å². The van der Waals surface area contributed by atoms with Crippen molar-refractivity contribution >= 4 is 17.7 Å². The molecule has 0 saturated heterocycles. The number of ether oxygens (including phenoxy) is 3. The van der Waals surface area contributed by atoms with E-state index in [9.17, 15) is 4.79 Å². The van der Waals surface area contributed by atoms with Gasteiger partial charge < -0.3 is 19.3 Å². The SMILES string of the molecule is COC(Cc1ccc(OCCCOc2ccc(-c3ccccc3Sc3ccccc3C)cc2)cc1)C(=O)O. The highest BCUT2D eigenvalue weighted by Gasteiger charge is 2.16. The van der Waals surface area contributed by atoms with Crippen molar-refractivity contribution in [1.82, 2.24) is 0 Å². The largest absolute Gasteiger partial charge is 0.493 e. The molecule has 0 bridgehead atoms. The zero-order valence-electron chi connectivity index (χ0n) is 21.6. The number of carboxylic acids is 1. The second-order valence-corrected chi connectivity index (χ2v) is 9.93. The Kier molecular flexibility index (Phi) is 9.84. The van der Waals surface area contributed by atoms with E-state index >= 15 is 0 Å². The first-order valence-electron chi connectivity index (χ1n) is 12.6. The number of rotatable bonds is 13. The molecular formula is C32H32O5S. The molecule has 0 spiro atoms. The van der Waals surface area contributed by atoms with Crippen molar-refractivity contribution < 1.29 is 24.1 Å². The third-order valence-electron chi connectivity index (χ3n) is 6.10. The van der Waals surface area contributed by atoms with Gasteiger partial charge in [-0.25, -0.2) is 4.79 Å². The van der Waals surface area contributed by atoms with Crippen LogP contribution in [0.5, 0.6) is 11.5 Å². The van der Waals surface area contributed by atoms with Crippen LogP contribution in [-0.2, 0) is 16.0 Å². The van der Waals surface area contributed by atoms with Crippen LogP contribution in [-0.4, -0.2) is 37.5 Å². The van der Waals surface area contributed by atoms with Crippen LogP contribution in [0.4, 0.5) is 0 Å². The van der Waals surface area contributed by atoms with Gasteiger partial charge in [0.2, 0.25) is 0 Å². The Hall–Kier alpha value is -3.74. The van der Waals surface area contributed by atoms with Gasteiger partial charge in [-0.2, -0.15) is 0 Å². The van der Waals surface area contributed by atoms with Crippen molar-refractivity contribution in [2.45, 2.75) is 35.7 Å². The smallest absolute Gasteiger partial charge is 0.333 e. The van der Waals surface area contributed by atoms with Crippen molar-refractivity contribution in [3.8, 4) is 22.6 Å². The summed E-state index contributed by atoms with van der Waals surface area (Å²) in [6.45, 7) is 3.21. The topological polar surface area (TPSA) is 65.0 Å². The fourth-order valence-electron chi connectivity index (χ4n) is 3.96. The van der Waals surface area contributed by atoms with Crippen molar-refractivity contribution in [3.05, 3.63) is 108 Å². The first-order chi connectivity index (χ1) is 18.5. The zero-order valence-corrected chi connectivity index (χ0v) is 22.4. The number of hydrogen-bond donors (Lipinski definition) is 1. The second kappa shape index (κ2) is 13.7. The summed E-state index contributed by atoms with van der Waals surface area (Å²) in [7, 11) is 1.40. The molecule has 38 heavy (non-hydrogen) atoms. The molecule has 0 aliphatic heterocycles. The van der Waals surface area contributed by atoms with E-state index < -0.39 is 12.1 Å². The van der Waals surface area contributed by atoms with E-state index in [4.69, 9.17) is 19.3 Å². The number of aliphatic carboxylic acids is 1. The highest BCUT2D eigenvalue weighted by atomic mass is 32.2. The number of carboxylic acid groups (broad SMARTS) is 1. The second-order valence-electron chi connectivity index (χ2n) is 8.85. The summed E-state index contributed by atoms with van der Waals surface area (Å²) in [6.07, 6.45) is 0.209. The van der Waals surface area contributed by atoms with Crippen molar-refractivity contribution in [2.75, 3.05) is 20.3 Å². The lowest BCUT2D eigenvalue weighted by Gasteiger charge is -2.12. The molecular weight excluding hydrogens is 496 g/mol. The van der Waals surface area contributed by atoms with Crippen LogP contribution >= 0.6 is 11.8 Å². The van der Waals surface area contributed by atoms with Crippen molar-refractivity contribution in [2.24, 2.45) is 0 Å². The summed E-state index contributed by atoms with van der Waals surface area (Å²) in [5.41, 5.74) is 4.51. The normalized spacial score (nSPS) is 11.6. The molecule has 1 unspecified atom stereocenters. The predicted molar refractivity (Wildman–Crippen MR) is 151 cm³/mol. The molecule has 0 aliphatic carbocycles. The summed E-state index contributed by atoms with van der Waals surface area (Å²) in [5.74, 6) is 0.599. The van der Waals surface area contributed by atoms with Crippen LogP contribution in [0.25, 0.3) is 11.1 Å². The minimum absolute atomic E-state index is 0.315. The maximum absolute atomic E-state index is 11.1. The lowest BCUT2D eigenvalue weighted by Crippen LogP contribution is -2.24. The summed E-state index contributed by atoms with van der Waals surface area (Å²) in [6, 6.07) is 32.5. The predicted octanol–water partition coefficient (Wildman–Crippen LogP) is 7.30. The molecule has 4 aromatic rings. The quantitative estimate of drug-likeness (QED) is 0.184. The Morgan fingerprint density at radius 2 is 1.37 bits per heavy atom. The molecule has 0 saturated carbocycles. The summed E-state index contributed by atoms with van der Waals surface area (Å²) in [4.78, 5) is 13.6. The van der Waals surface area contributed by atoms with Gasteiger partial charge in [0, 0.05) is 29.7 Å². The van der Waals surface area contributed by atoms with Crippen LogP contribution in [0.15, 0.2) is 107 Å². The number of aryl methyl sites for hydroxylation is 1. The van der Waals surface area contributed by atoms with E-state index in [1.54, 1.807) is 11.8 Å². The zero-order chi connectivity index (χ0) is 26.7. The molecule has 0 heterocycles. The van der Waals surface area contributed by atoms with Crippen LogP contribution in [0.3, 0.4) is 0 Å². The molecule has 0 radical (unpaired) electrons. The summed E-state index contributed by atoms with van der Waals surface area (Å²) in [5, 5.41) is 9.11. The molecule has 5 nitrogen and oxygen atoms in total. The van der Waals surface area contributed by atoms with Gasteiger partial charge in [0.25, 0.3) is 0 Å². The number of methoxy groups -OCH3 is 1. The Morgan fingerprint density at radius 3 is 1.97 bits per heavy atom. The maximum Gasteiger partial charge on any atom is 0.333 e. The van der Waals surface area contributed by atoms with E-state index in [-0.39, 0.29) is 0 Å². The van der Waals surface area contributed by atoms with E-state index in [2.05, 4.69) is 67.6 Å². The molecule has 4 aromatic carbocycles. The monoisotopic (exact) mass is 528 g/mol. The first-order valence-corrected chi connectivity index (χ1v) is 13.4. The minimum Gasteiger partial charge on any atom is -0.493 e. The van der Waals surface area contributed by atoms with E-state index in [1.807, 2.05) is 36.4 Å². The Bertz CT molecular complexity index is 1320. The van der Waals surface area contributed by atoms with E-state index in [0.717, 1.165) is 29.0 Å². The molecule has 0 fully saturated rings. The molecule has 1 N–H and O–H groups in total. The van der Waals surface area contributed by atoms with Crippen molar-refractivity contribution in [3.63, 3.8) is 0 Å². The molecule has 0 amide bonds. The maximum atomic E-state index is 11.1. The van der Waals surface area contributed by atoms with Gasteiger partial charge in [0.15, 0.2) is 6.10 Å². The van der Waals surface area contributed by atoms with Crippen LogP contribution in [0.2, 0.25) is 0 Å². The minimum atomic E-state index is -0.968. The van der Waals surface area contributed by atoms with Crippen LogP contribution < -0.4 is 9.47 Å². The lowest BCUT2D eigenvalue weighted by molar-refractivity contribution is -0.148. The molecule has 0 aliphatic rings. The van der Waals surface area contributed by atoms with Gasteiger partial charge in [-0.05, 0) is 65.6 Å². The Morgan fingerprint density at radius 1 is 0.789 bits per heavy atom. The summed E-state index contributed by atoms with van der Waals surface area (Å²) >= 11 is 1.79. The number of hydrogen-bond acceptors (Lipinski definition) is 5. The third-order valence-corrected chi connectivity index (χ3v) is 7.35. The number of carbonyl (C=O) groups is 1. The van der Waals surface area contributed by atoms with Gasteiger partial charge in [0.05, 0.1) is 13.2 Å². The van der Waals surface area contributed by atoms with Crippen molar-refractivity contribution in [1.29, 1.82) is 0 Å². The molecule has 196 valence electrons. The van der Waals surface area contributed by atoms with Gasteiger partial charge in [-0.1, -0.05) is 72.4 Å². The highest BCUT2D eigenvalue weighted by Crippen LogP contribution is 2.37. The Balaban J connectivity index is 1.24. The van der Waals surface area contributed by atoms with E-state index in [0.29, 0.717) is 19.6 Å². The fraction of sp³-hybridized carbons (Fsp3) is 0.219. The molecule has 0 aromatic heterocycles. The molecule has 4 rings (SSSR count). The van der Waals surface area contributed by atoms with Crippen LogP contribution in [0, 0.1) is 6.92 Å². The average Bonchev–Trinajstić information content (AvgIpc) is 2.94. The van der Waals surface area contributed by atoms with Gasteiger partial charge in [-0.3, -0.25) is 0 Å². The highest BCUT2D eigenvalue weighted by molar-refractivity contribution is 7.99. The fourth-order valence-corrected chi connectivity index (χ4v) is 5.02. The van der Waals surface area contributed by atoms with Crippen LogP contribution in [0.1, 0.15) is 17.5 Å². The lowest BCUT2D eigenvalue weighted by atomic mass is 10.1. The standard InChI is InChI=1S/C32H32O5S/c1-23-8-3-5-10-30(23)38-31-11-6-4-9-28(31)25-14-18-27(19-15-25)37-21-7-20-36-26-16-12-24(13-17-26)22-29(35-2)32(33)34/h3-6,8-19,29H,7,20-22H2,1-2H3,(H,33,34). The van der Waals surface area contributed by atoms with Gasteiger partial charge in [0.1, 0.15) is 11.5 Å². The molecule has 1 atom stereocenters. The third kappa shape index (κ3) is 7.63. The first kappa shape index (κ1) is 27.3. The van der Waals surface area contributed by atoms with Gasteiger partial charge in [-0.15, -0.1) is 0 Å². The van der Waals surface area contributed by atoms with E-state index in [1.165, 1.54) is 28.0 Å².